The lowest BCUT2D eigenvalue weighted by Crippen LogP contribution is -2.59. The summed E-state index contributed by atoms with van der Waals surface area (Å²) in [5, 5.41) is 8.77. The number of urea groups is 1. The van der Waals surface area contributed by atoms with Gasteiger partial charge in [-0.05, 0) is 77.3 Å². The minimum absolute atomic E-state index is 0.00344. The van der Waals surface area contributed by atoms with Crippen molar-refractivity contribution >= 4 is 56.0 Å². The van der Waals surface area contributed by atoms with Crippen LogP contribution in [0.2, 0.25) is 0 Å². The monoisotopic (exact) mass is 905 g/mol. The number of ether oxygens (including phenoxy) is 3. The van der Waals surface area contributed by atoms with Crippen molar-refractivity contribution in [3.05, 3.63) is 47.0 Å². The van der Waals surface area contributed by atoms with Crippen LogP contribution in [-0.2, 0) is 29.1 Å². The Kier molecular flexibility index (Phi) is 12.8. The fraction of sp³-hybridized carbons (Fsp3) is 0.600. The van der Waals surface area contributed by atoms with Gasteiger partial charge in [-0.25, -0.2) is 23.2 Å². The Hall–Kier alpha value is -4.81. The van der Waals surface area contributed by atoms with E-state index in [2.05, 4.69) is 29.2 Å². The zero-order valence-corrected chi connectivity index (χ0v) is 38.5. The van der Waals surface area contributed by atoms with Crippen molar-refractivity contribution in [2.24, 2.45) is 5.92 Å². The van der Waals surface area contributed by atoms with Crippen LogP contribution in [0, 0.1) is 12.8 Å². The number of benzene rings is 1. The number of allylic oxidation sites excluding steroid dienone is 1. The van der Waals surface area contributed by atoms with Crippen LogP contribution in [0.25, 0.3) is 21.6 Å². The second kappa shape index (κ2) is 18.0. The lowest BCUT2D eigenvalue weighted by molar-refractivity contribution is -0.141. The lowest BCUT2D eigenvalue weighted by Gasteiger charge is -2.36. The van der Waals surface area contributed by atoms with Crippen LogP contribution in [0.5, 0.6) is 11.5 Å². The lowest BCUT2D eigenvalue weighted by atomic mass is 10.0. The molecule has 0 spiro atoms. The minimum atomic E-state index is -3.92. The molecule has 0 radical (unpaired) electrons. The van der Waals surface area contributed by atoms with E-state index in [0.29, 0.717) is 78.3 Å². The van der Waals surface area contributed by atoms with Gasteiger partial charge in [-0.2, -0.15) is 0 Å². The van der Waals surface area contributed by atoms with Crippen molar-refractivity contribution in [3.8, 4) is 22.2 Å². The Balaban J connectivity index is 1.14. The number of amides is 5. The van der Waals surface area contributed by atoms with Gasteiger partial charge in [0, 0.05) is 47.8 Å². The van der Waals surface area contributed by atoms with Gasteiger partial charge >= 0.3 is 6.03 Å². The average molecular weight is 906 g/mol. The molecule has 2 aromatic heterocycles. The number of morpholine rings is 1. The summed E-state index contributed by atoms with van der Waals surface area (Å²) in [4.78, 5) is 70.6. The number of nitrogens with zero attached hydrogens (tertiary/aromatic N) is 4. The standard InChI is InChI=1S/C45H59N7O9S2/c1-25(2)35-24-62-41(47-35)34-19-38(32-16-17-37(59-6)28(5)39(32)46-34)61-30-18-36-40(53)49-45(43(55)50-63(57,58)31-14-15-31)20-29(45)12-10-8-7-9-11-13-33(42(54)52(36)23-30)48-44(56)51-21-26(3)60-27(4)22-51/h10,12,16-17,19,24-27,29-31,33,36H,7-9,11,13-15,18,20-23H2,1-6H3,(H,48,56)(H,49,53)(H,50,55)/b12-10-/t26-,27+,29-,30-,33+,36+,45-/m1/s1. The molecule has 0 unspecified atom stereocenters. The summed E-state index contributed by atoms with van der Waals surface area (Å²) in [5.74, 6) is -0.920. The van der Waals surface area contributed by atoms with Crippen LogP contribution >= 0.6 is 11.3 Å². The first-order valence-corrected chi connectivity index (χ1v) is 24.7. The predicted molar refractivity (Wildman–Crippen MR) is 238 cm³/mol. The first kappa shape index (κ1) is 44.8. The zero-order valence-electron chi connectivity index (χ0n) is 36.8. The summed E-state index contributed by atoms with van der Waals surface area (Å²) in [6.07, 6.45) is 7.25. The largest absolute Gasteiger partial charge is 0.496 e. The van der Waals surface area contributed by atoms with Crippen LogP contribution in [-0.4, -0.2) is 120 Å². The predicted octanol–water partition coefficient (Wildman–Crippen LogP) is 5.34. The highest BCUT2D eigenvalue weighted by Gasteiger charge is 2.62. The number of methoxy groups -OCH3 is 1. The highest BCUT2D eigenvalue weighted by Crippen LogP contribution is 2.46. The smallest absolute Gasteiger partial charge is 0.318 e. The Labute approximate surface area is 372 Å². The maximum Gasteiger partial charge on any atom is 0.318 e. The second-order valence-electron chi connectivity index (χ2n) is 18.2. The molecule has 1 aromatic carbocycles. The number of pyridine rings is 1. The number of thiazole rings is 1. The van der Waals surface area contributed by atoms with Gasteiger partial charge in [0.1, 0.15) is 45.9 Å². The van der Waals surface area contributed by atoms with Crippen LogP contribution < -0.4 is 24.8 Å². The summed E-state index contributed by atoms with van der Waals surface area (Å²) in [7, 11) is -2.31. The molecule has 4 fully saturated rings. The maximum atomic E-state index is 15.0. The summed E-state index contributed by atoms with van der Waals surface area (Å²) in [6, 6.07) is 3.09. The number of carbonyl (C=O) groups is 4. The molecule has 3 N–H and O–H groups in total. The topological polar surface area (TPSA) is 198 Å². The molecule has 18 heteroatoms. The Bertz CT molecular complexity index is 2390. The molecule has 63 heavy (non-hydrogen) atoms. The molecule has 0 bridgehead atoms. The number of carbonyl (C=O) groups excluding carboxylic acids is 4. The fourth-order valence-corrected chi connectivity index (χ4v) is 11.4. The molecule has 16 nitrogen and oxygen atoms in total. The molecule has 340 valence electrons. The van der Waals surface area contributed by atoms with Gasteiger partial charge in [0.15, 0.2) is 0 Å². The van der Waals surface area contributed by atoms with Gasteiger partial charge in [0.05, 0.1) is 42.3 Å². The van der Waals surface area contributed by atoms with E-state index in [1.54, 1.807) is 12.0 Å². The first-order valence-electron chi connectivity index (χ1n) is 22.2. The molecule has 2 saturated heterocycles. The minimum Gasteiger partial charge on any atom is -0.496 e. The Morgan fingerprint density at radius 1 is 1.03 bits per heavy atom. The van der Waals surface area contributed by atoms with E-state index in [1.165, 1.54) is 16.2 Å². The molecule has 2 aliphatic carbocycles. The van der Waals surface area contributed by atoms with Crippen molar-refractivity contribution in [3.63, 3.8) is 0 Å². The number of rotatable bonds is 9. The van der Waals surface area contributed by atoms with Gasteiger partial charge in [-0.1, -0.05) is 38.8 Å². The SMILES string of the molecule is COc1ccc2c(O[C@@H]3C[C@H]4C(=O)N[C@]5(C(=O)NS(=O)(=O)C6CC6)C[C@H]5/C=C\CCCCC[C@H](NC(=O)N5C[C@@H](C)O[C@@H](C)C5)C(=O)N4C3)cc(-c3nc(C(C)C)cs3)nc2c1C. The summed E-state index contributed by atoms with van der Waals surface area (Å²) < 4.78 is 46.7. The number of aromatic nitrogens is 2. The molecule has 3 aliphatic heterocycles. The van der Waals surface area contributed by atoms with Crippen molar-refractivity contribution in [2.75, 3.05) is 26.7 Å². The first-order chi connectivity index (χ1) is 30.1. The van der Waals surface area contributed by atoms with Gasteiger partial charge in [-0.3, -0.25) is 19.1 Å². The number of hydrogen-bond acceptors (Lipinski definition) is 12. The Morgan fingerprint density at radius 2 is 1.79 bits per heavy atom. The maximum absolute atomic E-state index is 15.0. The molecule has 7 atom stereocenters. The number of fused-ring (bicyclic) bond motifs is 3. The van der Waals surface area contributed by atoms with Gasteiger partial charge in [0.25, 0.3) is 5.91 Å². The molecule has 3 aromatic rings. The van der Waals surface area contributed by atoms with E-state index in [4.69, 9.17) is 24.2 Å². The third-order valence-corrected chi connectivity index (χ3v) is 15.5. The van der Waals surface area contributed by atoms with E-state index in [0.717, 1.165) is 24.1 Å². The van der Waals surface area contributed by atoms with Crippen molar-refractivity contribution in [1.82, 2.24) is 35.1 Å². The average Bonchev–Trinajstić information content (AvgIpc) is 4.11. The quantitative estimate of drug-likeness (QED) is 0.235. The van der Waals surface area contributed by atoms with Gasteiger partial charge < -0.3 is 34.6 Å². The highest BCUT2D eigenvalue weighted by molar-refractivity contribution is 7.91. The van der Waals surface area contributed by atoms with Crippen LogP contribution in [0.3, 0.4) is 0 Å². The number of aryl methyl sites for hydroxylation is 1. The normalized spacial score (nSPS) is 28.6. The van der Waals surface area contributed by atoms with Crippen LogP contribution in [0.4, 0.5) is 4.79 Å². The summed E-state index contributed by atoms with van der Waals surface area (Å²) in [5.41, 5.74) is 1.48. The van der Waals surface area contributed by atoms with E-state index < -0.39 is 62.6 Å². The molecule has 5 aliphatic rings. The molecule has 2 saturated carbocycles. The fourth-order valence-electron chi connectivity index (χ4n) is 9.09. The molecule has 8 rings (SSSR count). The summed E-state index contributed by atoms with van der Waals surface area (Å²) in [6.45, 7) is 10.6. The number of hydrogen-bond donors (Lipinski definition) is 3. The van der Waals surface area contributed by atoms with Crippen LogP contribution in [0.1, 0.15) is 103 Å². The van der Waals surface area contributed by atoms with Crippen molar-refractivity contribution in [2.45, 2.75) is 140 Å². The van der Waals surface area contributed by atoms with E-state index in [1.807, 2.05) is 56.5 Å². The van der Waals surface area contributed by atoms with E-state index >= 15 is 0 Å². The van der Waals surface area contributed by atoms with Crippen molar-refractivity contribution < 1.29 is 41.8 Å². The third-order valence-electron chi connectivity index (χ3n) is 12.8. The van der Waals surface area contributed by atoms with Gasteiger partial charge in [-0.15, -0.1) is 11.3 Å². The molecular weight excluding hydrogens is 847 g/mol. The Morgan fingerprint density at radius 3 is 2.49 bits per heavy atom. The highest BCUT2D eigenvalue weighted by atomic mass is 32.2. The number of sulfonamides is 1. The third kappa shape index (κ3) is 9.53. The van der Waals surface area contributed by atoms with Gasteiger partial charge in [0.2, 0.25) is 21.8 Å². The second-order valence-corrected chi connectivity index (χ2v) is 21.0. The van der Waals surface area contributed by atoms with Crippen molar-refractivity contribution in [1.29, 1.82) is 0 Å². The number of nitrogens with one attached hydrogen (secondary N) is 3. The molecule has 5 heterocycles. The van der Waals surface area contributed by atoms with E-state index in [9.17, 15) is 27.6 Å². The molecule has 5 amide bonds. The van der Waals surface area contributed by atoms with Crippen LogP contribution in [0.15, 0.2) is 35.7 Å². The van der Waals surface area contributed by atoms with E-state index in [-0.39, 0.29) is 43.5 Å². The summed E-state index contributed by atoms with van der Waals surface area (Å²) >= 11 is 1.48. The molecular formula is C45H59N7O9S2. The zero-order chi connectivity index (χ0) is 44.8.